The normalized spacial score (nSPS) is 10.3. The average molecular weight is 244 g/mol. The Morgan fingerprint density at radius 1 is 1.33 bits per heavy atom. The molecule has 0 aliphatic heterocycles. The first-order valence-electron chi connectivity index (χ1n) is 5.85. The summed E-state index contributed by atoms with van der Waals surface area (Å²) >= 11 is 0. The van der Waals surface area contributed by atoms with Gasteiger partial charge in [0.2, 0.25) is 0 Å². The lowest BCUT2D eigenvalue weighted by Crippen LogP contribution is -2.09. The number of aromatic nitrogens is 2. The Labute approximate surface area is 106 Å². The van der Waals surface area contributed by atoms with Gasteiger partial charge in [-0.1, -0.05) is 30.3 Å². The number of hydrogen-bond acceptors (Lipinski definition) is 3. The van der Waals surface area contributed by atoms with Crippen LogP contribution in [-0.2, 0) is 13.5 Å². The minimum Gasteiger partial charge on any atom is -0.493 e. The Hall–Kier alpha value is -2.10. The summed E-state index contributed by atoms with van der Waals surface area (Å²) in [4.78, 5) is 12.1. The van der Waals surface area contributed by atoms with Crippen LogP contribution in [0.25, 0.3) is 0 Å². The van der Waals surface area contributed by atoms with Crippen LogP contribution in [0.1, 0.15) is 22.5 Å². The highest BCUT2D eigenvalue weighted by atomic mass is 16.5. The number of nitrogens with zero attached hydrogens (tertiary/aromatic N) is 2. The molecule has 0 unspecified atom stereocenters. The zero-order chi connectivity index (χ0) is 13.0. The van der Waals surface area contributed by atoms with Crippen molar-refractivity contribution in [1.29, 1.82) is 0 Å². The second kappa shape index (κ2) is 5.49. The van der Waals surface area contributed by atoms with E-state index in [2.05, 4.69) is 5.10 Å². The molecule has 0 spiro atoms. The molecular formula is C14H16N2O2. The minimum absolute atomic E-state index is 0.0516. The van der Waals surface area contributed by atoms with E-state index in [0.717, 1.165) is 12.0 Å². The van der Waals surface area contributed by atoms with E-state index in [1.165, 1.54) is 0 Å². The molecular weight excluding hydrogens is 228 g/mol. The maximum Gasteiger partial charge on any atom is 0.184 e. The SMILES string of the molecule is COc1cnn(C)c1C(=O)CCc1ccccc1. The van der Waals surface area contributed by atoms with Crippen LogP contribution < -0.4 is 4.74 Å². The first-order chi connectivity index (χ1) is 8.72. The third-order valence-electron chi connectivity index (χ3n) is 2.87. The van der Waals surface area contributed by atoms with Crippen LogP contribution in [0, 0.1) is 0 Å². The van der Waals surface area contributed by atoms with Crippen LogP contribution in [0.15, 0.2) is 36.5 Å². The van der Waals surface area contributed by atoms with Crippen LogP contribution in [0.4, 0.5) is 0 Å². The van der Waals surface area contributed by atoms with Crippen LogP contribution in [0.2, 0.25) is 0 Å². The van der Waals surface area contributed by atoms with E-state index >= 15 is 0 Å². The number of carbonyl (C=O) groups excluding carboxylic acids is 1. The van der Waals surface area contributed by atoms with Gasteiger partial charge in [0.25, 0.3) is 0 Å². The molecule has 0 atom stereocenters. The van der Waals surface area contributed by atoms with Gasteiger partial charge in [0.15, 0.2) is 11.5 Å². The van der Waals surface area contributed by atoms with Crippen molar-refractivity contribution in [1.82, 2.24) is 9.78 Å². The van der Waals surface area contributed by atoms with Crippen LogP contribution in [0.5, 0.6) is 5.75 Å². The molecule has 0 aliphatic carbocycles. The fourth-order valence-electron chi connectivity index (χ4n) is 1.91. The standard InChI is InChI=1S/C14H16N2O2/c1-16-14(13(18-2)10-15-16)12(17)9-8-11-6-4-3-5-7-11/h3-7,10H,8-9H2,1-2H3. The molecule has 4 heteroatoms. The van der Waals surface area contributed by atoms with E-state index in [1.807, 2.05) is 30.3 Å². The Balaban J connectivity index is 2.06. The van der Waals surface area contributed by atoms with Gasteiger partial charge in [-0.15, -0.1) is 0 Å². The molecule has 18 heavy (non-hydrogen) atoms. The van der Waals surface area contributed by atoms with Gasteiger partial charge in [0.1, 0.15) is 5.69 Å². The third kappa shape index (κ3) is 2.59. The maximum absolute atomic E-state index is 12.1. The first-order valence-corrected chi connectivity index (χ1v) is 5.85. The Bertz CT molecular complexity index is 532. The summed E-state index contributed by atoms with van der Waals surface area (Å²) in [6.07, 6.45) is 2.75. The lowest BCUT2D eigenvalue weighted by molar-refractivity contribution is 0.0970. The first kappa shape index (κ1) is 12.4. The number of rotatable bonds is 5. The Morgan fingerprint density at radius 3 is 2.72 bits per heavy atom. The second-order valence-corrected chi connectivity index (χ2v) is 4.09. The van der Waals surface area contributed by atoms with Gasteiger partial charge < -0.3 is 4.74 Å². The average Bonchev–Trinajstić information content (AvgIpc) is 2.78. The van der Waals surface area contributed by atoms with Crippen molar-refractivity contribution in [2.75, 3.05) is 7.11 Å². The van der Waals surface area contributed by atoms with Crippen molar-refractivity contribution in [2.45, 2.75) is 12.8 Å². The number of ketones is 1. The number of carbonyl (C=O) groups is 1. The molecule has 4 nitrogen and oxygen atoms in total. The molecule has 2 rings (SSSR count). The fourth-order valence-corrected chi connectivity index (χ4v) is 1.91. The summed E-state index contributed by atoms with van der Waals surface area (Å²) in [5.41, 5.74) is 1.69. The van der Waals surface area contributed by atoms with E-state index in [0.29, 0.717) is 17.9 Å². The largest absolute Gasteiger partial charge is 0.493 e. The molecule has 0 bridgehead atoms. The highest BCUT2D eigenvalue weighted by Gasteiger charge is 2.17. The van der Waals surface area contributed by atoms with E-state index < -0.39 is 0 Å². The molecule has 1 aromatic heterocycles. The molecule has 1 heterocycles. The Kier molecular flexibility index (Phi) is 3.77. The van der Waals surface area contributed by atoms with Crippen molar-refractivity contribution in [3.05, 3.63) is 47.8 Å². The molecule has 0 N–H and O–H groups in total. The van der Waals surface area contributed by atoms with Crippen molar-refractivity contribution in [3.8, 4) is 5.75 Å². The predicted molar refractivity (Wildman–Crippen MR) is 68.9 cm³/mol. The quantitative estimate of drug-likeness (QED) is 0.758. The number of aryl methyl sites for hydroxylation is 2. The van der Waals surface area contributed by atoms with E-state index in [1.54, 1.807) is 25.0 Å². The van der Waals surface area contributed by atoms with Crippen LogP contribution >= 0.6 is 0 Å². The smallest absolute Gasteiger partial charge is 0.184 e. The Morgan fingerprint density at radius 2 is 2.06 bits per heavy atom. The lowest BCUT2D eigenvalue weighted by atomic mass is 10.1. The van der Waals surface area contributed by atoms with Gasteiger partial charge in [0, 0.05) is 13.5 Å². The summed E-state index contributed by atoms with van der Waals surface area (Å²) in [6, 6.07) is 9.96. The topological polar surface area (TPSA) is 44.1 Å². The summed E-state index contributed by atoms with van der Waals surface area (Å²) < 4.78 is 6.70. The van der Waals surface area contributed by atoms with Gasteiger partial charge in [-0.25, -0.2) is 0 Å². The van der Waals surface area contributed by atoms with Gasteiger partial charge in [-0.05, 0) is 12.0 Å². The van der Waals surface area contributed by atoms with Crippen LogP contribution in [0.3, 0.4) is 0 Å². The highest BCUT2D eigenvalue weighted by molar-refractivity contribution is 5.97. The zero-order valence-electron chi connectivity index (χ0n) is 10.6. The van der Waals surface area contributed by atoms with Crippen molar-refractivity contribution >= 4 is 5.78 Å². The number of benzene rings is 1. The van der Waals surface area contributed by atoms with Gasteiger partial charge in [-0.3, -0.25) is 9.48 Å². The van der Waals surface area contributed by atoms with E-state index in [4.69, 9.17) is 4.74 Å². The van der Waals surface area contributed by atoms with Crippen molar-refractivity contribution in [3.63, 3.8) is 0 Å². The predicted octanol–water partition coefficient (Wildman–Crippen LogP) is 2.24. The minimum atomic E-state index is 0.0516. The summed E-state index contributed by atoms with van der Waals surface area (Å²) in [6.45, 7) is 0. The van der Waals surface area contributed by atoms with E-state index in [9.17, 15) is 4.79 Å². The van der Waals surface area contributed by atoms with Gasteiger partial charge >= 0.3 is 0 Å². The van der Waals surface area contributed by atoms with Crippen LogP contribution in [-0.4, -0.2) is 22.7 Å². The van der Waals surface area contributed by atoms with Gasteiger partial charge in [0.05, 0.1) is 13.3 Å². The molecule has 0 fully saturated rings. The molecule has 1 aromatic carbocycles. The maximum atomic E-state index is 12.1. The molecule has 94 valence electrons. The van der Waals surface area contributed by atoms with E-state index in [-0.39, 0.29) is 5.78 Å². The fraction of sp³-hybridized carbons (Fsp3) is 0.286. The highest BCUT2D eigenvalue weighted by Crippen LogP contribution is 2.19. The molecule has 2 aromatic rings. The summed E-state index contributed by atoms with van der Waals surface area (Å²) in [5.74, 6) is 0.589. The lowest BCUT2D eigenvalue weighted by Gasteiger charge is -2.04. The molecule has 0 aliphatic rings. The molecule has 0 amide bonds. The number of hydrogen-bond donors (Lipinski definition) is 0. The van der Waals surface area contributed by atoms with Crippen molar-refractivity contribution < 1.29 is 9.53 Å². The summed E-state index contributed by atoms with van der Waals surface area (Å²) in [5, 5.41) is 4.03. The number of methoxy groups -OCH3 is 1. The van der Waals surface area contributed by atoms with Crippen molar-refractivity contribution in [2.24, 2.45) is 7.05 Å². The number of ether oxygens (including phenoxy) is 1. The third-order valence-corrected chi connectivity index (χ3v) is 2.87. The molecule has 0 radical (unpaired) electrons. The number of Topliss-reactive ketones (excluding diaryl/α,β-unsaturated/α-hetero) is 1. The monoisotopic (exact) mass is 244 g/mol. The second-order valence-electron chi connectivity index (χ2n) is 4.09. The zero-order valence-corrected chi connectivity index (χ0v) is 10.6. The molecule has 0 saturated heterocycles. The van der Waals surface area contributed by atoms with Gasteiger partial charge in [-0.2, -0.15) is 5.10 Å². The summed E-state index contributed by atoms with van der Waals surface area (Å²) in [7, 11) is 3.29. The molecule has 0 saturated carbocycles.